The van der Waals surface area contributed by atoms with E-state index in [9.17, 15) is 4.79 Å². The van der Waals surface area contributed by atoms with E-state index >= 15 is 0 Å². The summed E-state index contributed by atoms with van der Waals surface area (Å²) < 4.78 is 5.14. The van der Waals surface area contributed by atoms with E-state index in [1.807, 2.05) is 4.90 Å². The Kier molecular flexibility index (Phi) is 3.82. The lowest BCUT2D eigenvalue weighted by Crippen LogP contribution is -2.54. The van der Waals surface area contributed by atoms with Crippen LogP contribution in [0.15, 0.2) is 12.3 Å². The van der Waals surface area contributed by atoms with Crippen molar-refractivity contribution in [2.24, 2.45) is 5.84 Å². The molecule has 22 heavy (non-hydrogen) atoms. The molecule has 3 rings (SSSR count). The highest BCUT2D eigenvalue weighted by Crippen LogP contribution is 2.28. The predicted octanol–water partition coefficient (Wildman–Crippen LogP) is 0.508. The molecule has 0 radical (unpaired) electrons. The minimum absolute atomic E-state index is 0.193. The van der Waals surface area contributed by atoms with Gasteiger partial charge in [0.2, 0.25) is 0 Å². The summed E-state index contributed by atoms with van der Waals surface area (Å²) in [5.74, 6) is 6.47. The first kappa shape index (κ1) is 14.5. The number of nitrogens with two attached hydrogens (primary N) is 1. The summed E-state index contributed by atoms with van der Waals surface area (Å²) in [5, 5.41) is 2.88. The summed E-state index contributed by atoms with van der Waals surface area (Å²) in [7, 11) is 1.51. The quantitative estimate of drug-likeness (QED) is 0.552. The highest BCUT2D eigenvalue weighted by atomic mass is 35.5. The van der Waals surface area contributed by atoms with Gasteiger partial charge in [0.25, 0.3) is 0 Å². The summed E-state index contributed by atoms with van der Waals surface area (Å²) >= 11 is 5.89. The van der Waals surface area contributed by atoms with E-state index in [-0.39, 0.29) is 6.10 Å². The monoisotopic (exact) mass is 323 g/mol. The maximum atomic E-state index is 11.2. The first-order valence-corrected chi connectivity index (χ1v) is 6.91. The third-order valence-corrected chi connectivity index (χ3v) is 3.44. The minimum atomic E-state index is -0.456. The van der Waals surface area contributed by atoms with E-state index in [2.05, 4.69) is 25.7 Å². The number of carbonyl (C=O) groups excluding carboxylic acids is 1. The number of anilines is 2. The number of amides is 1. The van der Waals surface area contributed by atoms with Gasteiger partial charge in [-0.3, -0.25) is 0 Å². The molecule has 2 aromatic rings. The number of rotatable bonds is 3. The number of hydrazine groups is 1. The van der Waals surface area contributed by atoms with Crippen molar-refractivity contribution in [1.82, 2.24) is 20.3 Å². The Morgan fingerprint density at radius 2 is 2.27 bits per heavy atom. The smallest absolute Gasteiger partial charge is 0.407 e. The number of pyridine rings is 1. The zero-order valence-corrected chi connectivity index (χ0v) is 12.5. The summed E-state index contributed by atoms with van der Waals surface area (Å²) in [5.41, 5.74) is 3.53. The highest BCUT2D eigenvalue weighted by Gasteiger charge is 2.33. The van der Waals surface area contributed by atoms with Gasteiger partial charge in [-0.25, -0.2) is 25.6 Å². The fourth-order valence-electron chi connectivity index (χ4n) is 2.13. The molecule has 0 saturated carbocycles. The van der Waals surface area contributed by atoms with E-state index in [0.717, 1.165) is 0 Å². The molecule has 1 fully saturated rings. The van der Waals surface area contributed by atoms with Crippen LogP contribution in [0.4, 0.5) is 16.4 Å². The number of ether oxygens (including phenoxy) is 1. The molecule has 1 amide bonds. The lowest BCUT2D eigenvalue weighted by Gasteiger charge is -2.39. The number of halogens is 1. The van der Waals surface area contributed by atoms with Gasteiger partial charge in [-0.1, -0.05) is 11.6 Å². The van der Waals surface area contributed by atoms with Gasteiger partial charge in [0.1, 0.15) is 11.6 Å². The van der Waals surface area contributed by atoms with E-state index in [1.165, 1.54) is 13.2 Å². The second kappa shape index (κ2) is 5.78. The van der Waals surface area contributed by atoms with Crippen molar-refractivity contribution in [3.8, 4) is 0 Å². The lowest BCUT2D eigenvalue weighted by atomic mass is 10.1. The Morgan fingerprint density at radius 3 is 2.95 bits per heavy atom. The van der Waals surface area contributed by atoms with Gasteiger partial charge in [-0.05, 0) is 6.07 Å². The van der Waals surface area contributed by atoms with Gasteiger partial charge in [0, 0.05) is 13.2 Å². The Morgan fingerprint density at radius 1 is 1.50 bits per heavy atom. The second-order valence-electron chi connectivity index (χ2n) is 4.72. The second-order valence-corrected chi connectivity index (χ2v) is 5.16. The van der Waals surface area contributed by atoms with Crippen molar-refractivity contribution in [2.75, 3.05) is 30.5 Å². The number of nitrogens with zero attached hydrogens (tertiary/aromatic N) is 4. The molecule has 9 nitrogen and oxygen atoms in total. The van der Waals surface area contributed by atoms with Crippen LogP contribution in [0.3, 0.4) is 0 Å². The molecule has 3 heterocycles. The molecule has 0 spiro atoms. The van der Waals surface area contributed by atoms with Crippen molar-refractivity contribution in [3.63, 3.8) is 0 Å². The Labute approximate surface area is 130 Å². The van der Waals surface area contributed by atoms with E-state index in [0.29, 0.717) is 40.9 Å². The topological polar surface area (TPSA) is 118 Å². The van der Waals surface area contributed by atoms with Gasteiger partial charge in [0.15, 0.2) is 17.3 Å². The zero-order chi connectivity index (χ0) is 15.7. The van der Waals surface area contributed by atoms with Crippen LogP contribution in [-0.4, -0.2) is 47.3 Å². The van der Waals surface area contributed by atoms with E-state index in [4.69, 9.17) is 22.2 Å². The van der Waals surface area contributed by atoms with Gasteiger partial charge in [0.05, 0.1) is 18.1 Å². The van der Waals surface area contributed by atoms with Crippen molar-refractivity contribution >= 4 is 40.5 Å². The van der Waals surface area contributed by atoms with Crippen LogP contribution < -0.4 is 21.5 Å². The molecule has 0 unspecified atom stereocenters. The van der Waals surface area contributed by atoms with Crippen LogP contribution in [0.25, 0.3) is 11.2 Å². The fraction of sp³-hybridized carbons (Fsp3) is 0.333. The number of alkyl carbamates (subject to hydrolysis) is 1. The summed E-state index contributed by atoms with van der Waals surface area (Å²) in [6.45, 7) is 1.02. The lowest BCUT2D eigenvalue weighted by molar-refractivity contribution is 0.0824. The number of aromatic nitrogens is 3. The summed E-state index contributed by atoms with van der Waals surface area (Å²) in [4.78, 5) is 26.0. The molecule has 0 atom stereocenters. The standard InChI is InChI=1S/C12H14ClN7O2/c1-15-12(21)22-7-4-20(5-7)11-10(19-14)17-8-2-6(13)3-16-9(8)18-11/h2-3,7H,4-5,14H2,1H3,(H,15,21)(H,17,19). The molecule has 1 aliphatic rings. The molecule has 1 saturated heterocycles. The first-order valence-electron chi connectivity index (χ1n) is 6.54. The van der Waals surface area contributed by atoms with Crippen LogP contribution in [0.2, 0.25) is 5.02 Å². The van der Waals surface area contributed by atoms with E-state index < -0.39 is 6.09 Å². The molecule has 10 heteroatoms. The average Bonchev–Trinajstić information content (AvgIpc) is 2.48. The van der Waals surface area contributed by atoms with Gasteiger partial charge < -0.3 is 20.4 Å². The molecule has 0 bridgehead atoms. The highest BCUT2D eigenvalue weighted by molar-refractivity contribution is 6.31. The molecule has 0 aromatic carbocycles. The fourth-order valence-corrected chi connectivity index (χ4v) is 2.28. The van der Waals surface area contributed by atoms with Gasteiger partial charge in [-0.2, -0.15) is 0 Å². The third kappa shape index (κ3) is 2.68. The number of hydrogen-bond donors (Lipinski definition) is 3. The maximum absolute atomic E-state index is 11.2. The Bertz CT molecular complexity index is 720. The van der Waals surface area contributed by atoms with Crippen LogP contribution in [0, 0.1) is 0 Å². The number of fused-ring (bicyclic) bond motifs is 1. The molecule has 0 aliphatic carbocycles. The molecule has 1 aliphatic heterocycles. The maximum Gasteiger partial charge on any atom is 0.407 e. The van der Waals surface area contributed by atoms with Crippen LogP contribution in [0.5, 0.6) is 0 Å². The molecule has 2 aromatic heterocycles. The number of hydrogen-bond acceptors (Lipinski definition) is 8. The molecule has 4 N–H and O–H groups in total. The molecular formula is C12H14ClN7O2. The summed E-state index contributed by atoms with van der Waals surface area (Å²) in [6.07, 6.45) is 0.856. The normalized spacial score (nSPS) is 14.6. The van der Waals surface area contributed by atoms with Gasteiger partial charge >= 0.3 is 6.09 Å². The number of carbonyl (C=O) groups is 1. The Hall–Kier alpha value is -2.39. The minimum Gasteiger partial charge on any atom is -0.442 e. The zero-order valence-electron chi connectivity index (χ0n) is 11.7. The third-order valence-electron chi connectivity index (χ3n) is 3.23. The van der Waals surface area contributed by atoms with E-state index in [1.54, 1.807) is 6.07 Å². The number of nitrogen functional groups attached to an aromatic ring is 1. The van der Waals surface area contributed by atoms with Crippen molar-refractivity contribution in [1.29, 1.82) is 0 Å². The molecular weight excluding hydrogens is 310 g/mol. The van der Waals surface area contributed by atoms with Crippen molar-refractivity contribution in [3.05, 3.63) is 17.3 Å². The van der Waals surface area contributed by atoms with Crippen molar-refractivity contribution < 1.29 is 9.53 Å². The SMILES string of the molecule is CNC(=O)OC1CN(c2nc3ncc(Cl)cc3nc2NN)C1. The van der Waals surface area contributed by atoms with Crippen LogP contribution in [0.1, 0.15) is 0 Å². The summed E-state index contributed by atoms with van der Waals surface area (Å²) in [6, 6.07) is 1.66. The Balaban J connectivity index is 1.82. The average molecular weight is 324 g/mol. The van der Waals surface area contributed by atoms with Crippen molar-refractivity contribution in [2.45, 2.75) is 6.10 Å². The number of nitrogens with one attached hydrogen (secondary N) is 2. The van der Waals surface area contributed by atoms with Gasteiger partial charge in [-0.15, -0.1) is 0 Å². The van der Waals surface area contributed by atoms with Crippen LogP contribution >= 0.6 is 11.6 Å². The molecule has 116 valence electrons. The predicted molar refractivity (Wildman–Crippen MR) is 81.7 cm³/mol. The van der Waals surface area contributed by atoms with Crippen LogP contribution in [-0.2, 0) is 4.74 Å². The first-order chi connectivity index (χ1) is 10.6. The largest absolute Gasteiger partial charge is 0.442 e.